The Kier molecular flexibility index (Phi) is 5.69. The monoisotopic (exact) mass is 322 g/mol. The lowest BCUT2D eigenvalue weighted by Crippen LogP contribution is -2.31. The topological polar surface area (TPSA) is 58.1 Å². The summed E-state index contributed by atoms with van der Waals surface area (Å²) in [5.74, 6) is 0.404. The van der Waals surface area contributed by atoms with E-state index in [1.54, 1.807) is 0 Å². The van der Waals surface area contributed by atoms with Gasteiger partial charge in [0.1, 0.15) is 6.33 Å². The van der Waals surface area contributed by atoms with Crippen molar-refractivity contribution in [1.29, 1.82) is 0 Å². The van der Waals surface area contributed by atoms with Gasteiger partial charge in [-0.25, -0.2) is 9.97 Å². The van der Waals surface area contributed by atoms with Crippen LogP contribution < -0.4 is 5.32 Å². The fourth-order valence-corrected chi connectivity index (χ4v) is 2.90. The maximum atomic E-state index is 12.0. The summed E-state index contributed by atoms with van der Waals surface area (Å²) >= 11 is 0. The molecule has 5 heteroatoms. The Bertz CT molecular complexity index is 672. The van der Waals surface area contributed by atoms with Crippen molar-refractivity contribution in [3.8, 4) is 0 Å². The van der Waals surface area contributed by atoms with Crippen molar-refractivity contribution in [3.63, 3.8) is 0 Å². The van der Waals surface area contributed by atoms with E-state index in [9.17, 15) is 4.79 Å². The molecule has 1 amide bonds. The Morgan fingerprint density at radius 3 is 2.83 bits per heavy atom. The van der Waals surface area contributed by atoms with E-state index in [1.165, 1.54) is 24.3 Å². The first-order valence-electron chi connectivity index (χ1n) is 8.28. The van der Waals surface area contributed by atoms with Crippen LogP contribution in [0.15, 0.2) is 55.1 Å². The number of likely N-dealkylation sites (tertiary alicyclic amines) is 1. The lowest BCUT2D eigenvalue weighted by Gasteiger charge is -2.14. The zero-order valence-electron chi connectivity index (χ0n) is 13.6. The summed E-state index contributed by atoms with van der Waals surface area (Å²) in [5.41, 5.74) is 1.74. The van der Waals surface area contributed by atoms with E-state index in [0.29, 0.717) is 18.0 Å². The quantitative estimate of drug-likeness (QED) is 0.886. The predicted molar refractivity (Wildman–Crippen MR) is 94.4 cm³/mol. The van der Waals surface area contributed by atoms with Crippen LogP contribution in [-0.2, 0) is 0 Å². The van der Waals surface area contributed by atoms with Crippen molar-refractivity contribution in [2.45, 2.75) is 6.42 Å². The van der Waals surface area contributed by atoms with Crippen LogP contribution in [0.3, 0.4) is 0 Å². The highest BCUT2D eigenvalue weighted by Crippen LogP contribution is 2.15. The van der Waals surface area contributed by atoms with E-state index in [2.05, 4.69) is 44.5 Å². The summed E-state index contributed by atoms with van der Waals surface area (Å²) < 4.78 is 0. The molecule has 0 spiro atoms. The van der Waals surface area contributed by atoms with Crippen LogP contribution in [0.2, 0.25) is 0 Å². The molecule has 0 unspecified atom stereocenters. The molecule has 1 aliphatic rings. The Balaban J connectivity index is 1.39. The molecule has 1 fully saturated rings. The lowest BCUT2D eigenvalue weighted by molar-refractivity contribution is 0.0946. The van der Waals surface area contributed by atoms with Crippen LogP contribution in [0.1, 0.15) is 22.3 Å². The van der Waals surface area contributed by atoms with Crippen molar-refractivity contribution >= 4 is 12.0 Å². The maximum Gasteiger partial charge on any atom is 0.254 e. The minimum absolute atomic E-state index is 0.0991. The number of nitrogens with one attached hydrogen (secondary N) is 1. The van der Waals surface area contributed by atoms with Crippen LogP contribution in [-0.4, -0.2) is 47.0 Å². The van der Waals surface area contributed by atoms with E-state index in [-0.39, 0.29) is 5.91 Å². The summed E-state index contributed by atoms with van der Waals surface area (Å²) in [4.78, 5) is 22.2. The average molecular weight is 322 g/mol. The Morgan fingerprint density at radius 1 is 1.25 bits per heavy atom. The minimum Gasteiger partial charge on any atom is -0.352 e. The van der Waals surface area contributed by atoms with Gasteiger partial charge in [0.05, 0.1) is 5.56 Å². The molecule has 1 aliphatic heterocycles. The molecule has 1 aromatic heterocycles. The summed E-state index contributed by atoms with van der Waals surface area (Å²) in [5, 5.41) is 2.98. The lowest BCUT2D eigenvalue weighted by atomic mass is 10.1. The Morgan fingerprint density at radius 2 is 2.04 bits per heavy atom. The molecular weight excluding hydrogens is 300 g/mol. The molecule has 2 aromatic rings. The molecular formula is C19H22N4O. The number of aromatic nitrogens is 2. The number of benzene rings is 1. The van der Waals surface area contributed by atoms with E-state index < -0.39 is 0 Å². The van der Waals surface area contributed by atoms with Gasteiger partial charge >= 0.3 is 0 Å². The zero-order valence-corrected chi connectivity index (χ0v) is 13.6. The highest BCUT2D eigenvalue weighted by molar-refractivity contribution is 5.93. The first kappa shape index (κ1) is 16.3. The normalized spacial score (nSPS) is 18.1. The van der Waals surface area contributed by atoms with Gasteiger partial charge in [-0.05, 0) is 24.4 Å². The van der Waals surface area contributed by atoms with E-state index in [1.807, 2.05) is 18.2 Å². The van der Waals surface area contributed by atoms with E-state index >= 15 is 0 Å². The smallest absolute Gasteiger partial charge is 0.254 e. The van der Waals surface area contributed by atoms with Gasteiger partial charge in [-0.2, -0.15) is 0 Å². The van der Waals surface area contributed by atoms with E-state index in [4.69, 9.17) is 0 Å². The molecule has 1 aromatic carbocycles. The SMILES string of the molecule is O=C(NC[C@H]1CCN(C/C=C/c2ccccc2)C1)c1cncnc1. The standard InChI is InChI=1S/C19H22N4O/c24-19(18-12-20-15-21-13-18)22-11-17-8-10-23(14-17)9-4-7-16-5-2-1-3-6-16/h1-7,12-13,15,17H,8-11,14H2,(H,22,24)/b7-4+/t17-/m1/s1. The van der Waals surface area contributed by atoms with Crippen molar-refractivity contribution < 1.29 is 4.79 Å². The number of amides is 1. The largest absolute Gasteiger partial charge is 0.352 e. The van der Waals surface area contributed by atoms with Crippen LogP contribution in [0.25, 0.3) is 6.08 Å². The van der Waals surface area contributed by atoms with Crippen LogP contribution in [0.5, 0.6) is 0 Å². The third-order valence-corrected chi connectivity index (χ3v) is 4.22. The molecule has 1 N–H and O–H groups in total. The first-order valence-corrected chi connectivity index (χ1v) is 8.28. The van der Waals surface area contributed by atoms with Gasteiger partial charge in [-0.3, -0.25) is 9.69 Å². The van der Waals surface area contributed by atoms with Crippen molar-refractivity contribution in [2.75, 3.05) is 26.2 Å². The van der Waals surface area contributed by atoms with Gasteiger partial charge in [-0.15, -0.1) is 0 Å². The molecule has 1 saturated heterocycles. The molecule has 0 aliphatic carbocycles. The number of rotatable bonds is 6. The van der Waals surface area contributed by atoms with Gasteiger partial charge in [0.2, 0.25) is 0 Å². The third kappa shape index (κ3) is 4.73. The fraction of sp³-hybridized carbons (Fsp3) is 0.316. The number of hydrogen-bond acceptors (Lipinski definition) is 4. The fourth-order valence-electron chi connectivity index (χ4n) is 2.90. The van der Waals surface area contributed by atoms with Gasteiger partial charge in [0, 0.05) is 32.0 Å². The van der Waals surface area contributed by atoms with E-state index in [0.717, 1.165) is 26.1 Å². The minimum atomic E-state index is -0.0991. The average Bonchev–Trinajstić information content (AvgIpc) is 3.09. The molecule has 2 heterocycles. The van der Waals surface area contributed by atoms with Gasteiger partial charge in [0.15, 0.2) is 0 Å². The van der Waals surface area contributed by atoms with Crippen LogP contribution >= 0.6 is 0 Å². The molecule has 0 saturated carbocycles. The number of hydrogen-bond donors (Lipinski definition) is 1. The van der Waals surface area contributed by atoms with Crippen LogP contribution in [0.4, 0.5) is 0 Å². The molecule has 0 radical (unpaired) electrons. The summed E-state index contributed by atoms with van der Waals surface area (Å²) in [6.45, 7) is 3.75. The molecule has 0 bridgehead atoms. The number of carbonyl (C=O) groups excluding carboxylic acids is 1. The van der Waals surface area contributed by atoms with Crippen molar-refractivity contribution in [2.24, 2.45) is 5.92 Å². The number of carbonyl (C=O) groups is 1. The predicted octanol–water partition coefficient (Wildman–Crippen LogP) is 2.24. The van der Waals surface area contributed by atoms with Crippen LogP contribution in [0, 0.1) is 5.92 Å². The number of nitrogens with zero attached hydrogens (tertiary/aromatic N) is 3. The first-order chi connectivity index (χ1) is 11.8. The van der Waals surface area contributed by atoms with Crippen molar-refractivity contribution in [3.05, 3.63) is 66.3 Å². The zero-order chi connectivity index (χ0) is 16.6. The van der Waals surface area contributed by atoms with Gasteiger partial charge in [0.25, 0.3) is 5.91 Å². The summed E-state index contributed by atoms with van der Waals surface area (Å²) in [7, 11) is 0. The molecule has 3 rings (SSSR count). The summed E-state index contributed by atoms with van der Waals surface area (Å²) in [6.07, 6.45) is 9.98. The van der Waals surface area contributed by atoms with Crippen molar-refractivity contribution in [1.82, 2.24) is 20.2 Å². The second-order valence-corrected chi connectivity index (χ2v) is 6.06. The molecule has 5 nitrogen and oxygen atoms in total. The molecule has 124 valence electrons. The van der Waals surface area contributed by atoms with Gasteiger partial charge in [-0.1, -0.05) is 42.5 Å². The van der Waals surface area contributed by atoms with Gasteiger partial charge < -0.3 is 5.32 Å². The second kappa shape index (κ2) is 8.36. The highest BCUT2D eigenvalue weighted by Gasteiger charge is 2.22. The highest BCUT2D eigenvalue weighted by atomic mass is 16.1. The maximum absolute atomic E-state index is 12.0. The third-order valence-electron chi connectivity index (χ3n) is 4.22. The molecule has 24 heavy (non-hydrogen) atoms. The summed E-state index contributed by atoms with van der Waals surface area (Å²) in [6, 6.07) is 10.3. The second-order valence-electron chi connectivity index (χ2n) is 6.06. The Labute approximate surface area is 142 Å². The Hall–Kier alpha value is -2.53. The molecule has 1 atom stereocenters.